The van der Waals surface area contributed by atoms with E-state index in [0.29, 0.717) is 6.54 Å². The summed E-state index contributed by atoms with van der Waals surface area (Å²) in [6, 6.07) is 14.6. The zero-order valence-corrected chi connectivity index (χ0v) is 16.9. The van der Waals surface area contributed by atoms with Crippen molar-refractivity contribution in [1.29, 1.82) is 0 Å². The molecule has 0 bridgehead atoms. The van der Waals surface area contributed by atoms with Crippen LogP contribution >= 0.6 is 0 Å². The molecular weight excluding hydrogens is 348 g/mol. The molecule has 28 heavy (non-hydrogen) atoms. The molecule has 0 spiro atoms. The number of nitrogens with zero attached hydrogens (tertiary/aromatic N) is 2. The van der Waals surface area contributed by atoms with E-state index in [-0.39, 0.29) is 5.56 Å². The standard InChI is InChI=1S/C23H28N4O/c1-16-4-6-22-18(12-16)14-19(23(28)25-22)15-24-21-7-5-20(13-17(21)2)27-10-8-26(3)9-11-27/h4-7,12-14,24H,8-11,15H2,1-3H3,(H,25,28). The second-order valence-corrected chi connectivity index (χ2v) is 7.86. The van der Waals surface area contributed by atoms with Crippen LogP contribution in [0.5, 0.6) is 0 Å². The molecule has 3 aromatic rings. The van der Waals surface area contributed by atoms with Crippen LogP contribution < -0.4 is 15.8 Å². The van der Waals surface area contributed by atoms with Crippen LogP contribution in [0, 0.1) is 13.8 Å². The van der Waals surface area contributed by atoms with E-state index >= 15 is 0 Å². The van der Waals surface area contributed by atoms with Crippen molar-refractivity contribution in [2.24, 2.45) is 0 Å². The van der Waals surface area contributed by atoms with Gasteiger partial charge in [-0.05, 0) is 68.2 Å². The van der Waals surface area contributed by atoms with E-state index in [2.05, 4.69) is 65.3 Å². The lowest BCUT2D eigenvalue weighted by molar-refractivity contribution is 0.313. The number of benzene rings is 2. The van der Waals surface area contributed by atoms with Crippen LogP contribution in [-0.2, 0) is 6.54 Å². The molecule has 1 aromatic heterocycles. The molecule has 0 saturated carbocycles. The predicted octanol–water partition coefficient (Wildman–Crippen LogP) is 3.51. The number of pyridine rings is 1. The van der Waals surface area contributed by atoms with Crippen LogP contribution in [0.4, 0.5) is 11.4 Å². The first-order chi connectivity index (χ1) is 13.5. The monoisotopic (exact) mass is 376 g/mol. The molecule has 0 atom stereocenters. The van der Waals surface area contributed by atoms with Crippen LogP contribution in [0.15, 0.2) is 47.3 Å². The van der Waals surface area contributed by atoms with E-state index in [0.717, 1.165) is 48.3 Å². The largest absolute Gasteiger partial charge is 0.381 e. The van der Waals surface area contributed by atoms with Gasteiger partial charge in [0, 0.05) is 55.2 Å². The van der Waals surface area contributed by atoms with E-state index in [1.54, 1.807) is 0 Å². The minimum Gasteiger partial charge on any atom is -0.381 e. The highest BCUT2D eigenvalue weighted by atomic mass is 16.1. The number of piperazine rings is 1. The van der Waals surface area contributed by atoms with Crippen molar-refractivity contribution in [3.05, 3.63) is 69.5 Å². The van der Waals surface area contributed by atoms with Gasteiger partial charge in [0.1, 0.15) is 0 Å². The minimum absolute atomic E-state index is 0.0319. The van der Waals surface area contributed by atoms with Crippen molar-refractivity contribution in [2.75, 3.05) is 43.4 Å². The number of likely N-dealkylation sites (N-methyl/N-ethyl adjacent to an activating group) is 1. The van der Waals surface area contributed by atoms with E-state index < -0.39 is 0 Å². The molecule has 0 amide bonds. The topological polar surface area (TPSA) is 51.4 Å². The SMILES string of the molecule is Cc1ccc2[nH]c(=O)c(CNc3ccc(N4CCN(C)CC4)cc3C)cc2c1. The Bertz CT molecular complexity index is 1050. The van der Waals surface area contributed by atoms with E-state index in [9.17, 15) is 4.79 Å². The molecular formula is C23H28N4O. The fourth-order valence-electron chi connectivity index (χ4n) is 3.80. The molecule has 2 aromatic carbocycles. The average Bonchev–Trinajstić information content (AvgIpc) is 2.68. The maximum absolute atomic E-state index is 12.4. The molecule has 5 heteroatoms. The Hall–Kier alpha value is -2.79. The number of aromatic amines is 1. The van der Waals surface area contributed by atoms with Gasteiger partial charge in [0.15, 0.2) is 0 Å². The smallest absolute Gasteiger partial charge is 0.253 e. The molecule has 5 nitrogen and oxygen atoms in total. The number of anilines is 2. The van der Waals surface area contributed by atoms with Crippen LogP contribution in [-0.4, -0.2) is 43.1 Å². The summed E-state index contributed by atoms with van der Waals surface area (Å²) in [5, 5.41) is 4.51. The lowest BCUT2D eigenvalue weighted by Crippen LogP contribution is -2.44. The van der Waals surface area contributed by atoms with Gasteiger partial charge in [-0.15, -0.1) is 0 Å². The fraction of sp³-hybridized carbons (Fsp3) is 0.348. The number of nitrogens with one attached hydrogen (secondary N) is 2. The number of rotatable bonds is 4. The van der Waals surface area contributed by atoms with Crippen molar-refractivity contribution in [3.63, 3.8) is 0 Å². The van der Waals surface area contributed by atoms with Gasteiger partial charge in [-0.2, -0.15) is 0 Å². The Morgan fingerprint density at radius 1 is 1.00 bits per heavy atom. The second-order valence-electron chi connectivity index (χ2n) is 7.86. The average molecular weight is 377 g/mol. The van der Waals surface area contributed by atoms with Gasteiger partial charge in [-0.3, -0.25) is 4.79 Å². The maximum atomic E-state index is 12.4. The number of hydrogen-bond donors (Lipinski definition) is 2. The first-order valence-corrected chi connectivity index (χ1v) is 9.90. The molecule has 1 aliphatic heterocycles. The van der Waals surface area contributed by atoms with Crippen LogP contribution in [0.2, 0.25) is 0 Å². The van der Waals surface area contributed by atoms with Crippen LogP contribution in [0.25, 0.3) is 10.9 Å². The van der Waals surface area contributed by atoms with Crippen molar-refractivity contribution in [2.45, 2.75) is 20.4 Å². The third kappa shape index (κ3) is 3.90. The zero-order chi connectivity index (χ0) is 19.7. The summed E-state index contributed by atoms with van der Waals surface area (Å²) in [6.07, 6.45) is 0. The fourth-order valence-corrected chi connectivity index (χ4v) is 3.80. The highest BCUT2D eigenvalue weighted by molar-refractivity contribution is 5.79. The molecule has 146 valence electrons. The zero-order valence-electron chi connectivity index (χ0n) is 16.9. The van der Waals surface area contributed by atoms with Gasteiger partial charge >= 0.3 is 0 Å². The number of hydrogen-bond acceptors (Lipinski definition) is 4. The number of aryl methyl sites for hydroxylation is 2. The minimum atomic E-state index is -0.0319. The van der Waals surface area contributed by atoms with E-state index in [4.69, 9.17) is 0 Å². The first kappa shape index (κ1) is 18.6. The predicted molar refractivity (Wildman–Crippen MR) is 118 cm³/mol. The molecule has 1 aliphatic rings. The maximum Gasteiger partial charge on any atom is 0.253 e. The third-order valence-electron chi connectivity index (χ3n) is 5.62. The molecule has 0 unspecified atom stereocenters. The Balaban J connectivity index is 1.50. The van der Waals surface area contributed by atoms with Crippen molar-refractivity contribution < 1.29 is 0 Å². The van der Waals surface area contributed by atoms with Gasteiger partial charge in [-0.25, -0.2) is 0 Å². The lowest BCUT2D eigenvalue weighted by Gasteiger charge is -2.34. The summed E-state index contributed by atoms with van der Waals surface area (Å²) >= 11 is 0. The van der Waals surface area contributed by atoms with Gasteiger partial charge < -0.3 is 20.1 Å². The summed E-state index contributed by atoms with van der Waals surface area (Å²) in [5.74, 6) is 0. The van der Waals surface area contributed by atoms with Crippen molar-refractivity contribution in [3.8, 4) is 0 Å². The number of H-pyrrole nitrogens is 1. The molecule has 0 aliphatic carbocycles. The second kappa shape index (κ2) is 7.68. The summed E-state index contributed by atoms with van der Waals surface area (Å²) < 4.78 is 0. The summed E-state index contributed by atoms with van der Waals surface area (Å²) in [5.41, 5.74) is 6.33. The Morgan fingerprint density at radius 3 is 2.54 bits per heavy atom. The third-order valence-corrected chi connectivity index (χ3v) is 5.62. The molecule has 0 radical (unpaired) electrons. The summed E-state index contributed by atoms with van der Waals surface area (Å²) in [7, 11) is 2.17. The van der Waals surface area contributed by atoms with Crippen LogP contribution in [0.1, 0.15) is 16.7 Å². The number of aromatic nitrogens is 1. The Kier molecular flexibility index (Phi) is 5.09. The number of fused-ring (bicyclic) bond motifs is 1. The Morgan fingerprint density at radius 2 is 1.79 bits per heavy atom. The molecule has 4 rings (SSSR count). The van der Waals surface area contributed by atoms with Gasteiger partial charge in [0.2, 0.25) is 0 Å². The quantitative estimate of drug-likeness (QED) is 0.732. The molecule has 1 fully saturated rings. The van der Waals surface area contributed by atoms with Crippen molar-refractivity contribution >= 4 is 22.3 Å². The van der Waals surface area contributed by atoms with E-state index in [1.807, 2.05) is 18.2 Å². The summed E-state index contributed by atoms with van der Waals surface area (Å²) in [6.45, 7) is 9.02. The highest BCUT2D eigenvalue weighted by Crippen LogP contribution is 2.24. The highest BCUT2D eigenvalue weighted by Gasteiger charge is 2.15. The lowest BCUT2D eigenvalue weighted by atomic mass is 10.1. The molecule has 1 saturated heterocycles. The van der Waals surface area contributed by atoms with Gasteiger partial charge in [-0.1, -0.05) is 11.6 Å². The van der Waals surface area contributed by atoms with E-state index in [1.165, 1.54) is 16.8 Å². The molecule has 2 heterocycles. The molecule has 2 N–H and O–H groups in total. The first-order valence-electron chi connectivity index (χ1n) is 9.90. The van der Waals surface area contributed by atoms with Crippen LogP contribution in [0.3, 0.4) is 0 Å². The van der Waals surface area contributed by atoms with Crippen molar-refractivity contribution in [1.82, 2.24) is 9.88 Å². The normalized spacial score (nSPS) is 15.2. The Labute approximate surface area is 166 Å². The van der Waals surface area contributed by atoms with Gasteiger partial charge in [0.05, 0.1) is 0 Å². The summed E-state index contributed by atoms with van der Waals surface area (Å²) in [4.78, 5) is 20.2. The van der Waals surface area contributed by atoms with Gasteiger partial charge in [0.25, 0.3) is 5.56 Å².